The Balaban J connectivity index is 0.00000181. The zero-order chi connectivity index (χ0) is 20.9. The summed E-state index contributed by atoms with van der Waals surface area (Å²) in [6.45, 7) is 1.62. The third kappa shape index (κ3) is 4.30. The van der Waals surface area contributed by atoms with E-state index in [0.717, 1.165) is 31.5 Å². The van der Waals surface area contributed by atoms with Crippen molar-refractivity contribution < 1.29 is 13.9 Å². The van der Waals surface area contributed by atoms with Crippen molar-refractivity contribution in [3.05, 3.63) is 72.1 Å². The first-order valence-electron chi connectivity index (χ1n) is 10.0. The molecule has 158 valence electrons. The zero-order valence-electron chi connectivity index (χ0n) is 16.5. The molecule has 0 unspecified atom stereocenters. The molecule has 0 spiro atoms. The molecule has 1 aliphatic heterocycles. The van der Waals surface area contributed by atoms with Crippen molar-refractivity contribution in [2.24, 2.45) is 0 Å². The molecule has 4 rings (SSSR count). The number of nitrogens with two attached hydrogens (primary N) is 1. The van der Waals surface area contributed by atoms with Crippen LogP contribution in [0.3, 0.4) is 0 Å². The van der Waals surface area contributed by atoms with Crippen LogP contribution in [0.4, 0.5) is 11.5 Å². The minimum absolute atomic E-state index is 0. The number of nitrogens with one attached hydrogen (secondary N) is 1. The van der Waals surface area contributed by atoms with Gasteiger partial charge in [-0.1, -0.05) is 30.3 Å². The predicted octanol–water partition coefficient (Wildman–Crippen LogP) is 4.34. The smallest absolute Gasteiger partial charge is 0.278 e. The number of piperidine rings is 1. The number of nitrogen functional groups attached to an aromatic ring is 1. The standard InChI is InChI=1S/C23H23N5O2.3H2/c24-21-20(22(29)26-18-7-3-1-4-8-18)27-19(15-25-21)16-9-11-17(12-10-16)23(30)28-13-5-2-6-14-28;;;/h1,3-4,7-12,15H,2,5-6,13-14H2,(H2,24,25)(H,26,29);3*1H. The average molecular weight is 408 g/mol. The molecule has 7 heteroatoms. The van der Waals surface area contributed by atoms with E-state index in [1.807, 2.05) is 35.2 Å². The van der Waals surface area contributed by atoms with E-state index < -0.39 is 5.91 Å². The van der Waals surface area contributed by atoms with Gasteiger partial charge in [0.05, 0.1) is 11.9 Å². The van der Waals surface area contributed by atoms with Crippen LogP contribution in [0.25, 0.3) is 11.3 Å². The van der Waals surface area contributed by atoms with Crippen molar-refractivity contribution in [3.8, 4) is 11.3 Å². The highest BCUT2D eigenvalue weighted by Gasteiger charge is 2.19. The Morgan fingerprint density at radius 3 is 2.37 bits per heavy atom. The van der Waals surface area contributed by atoms with E-state index in [1.165, 1.54) is 12.6 Å². The maximum Gasteiger partial charge on any atom is 0.278 e. The molecule has 0 radical (unpaired) electrons. The molecule has 0 atom stereocenters. The maximum absolute atomic E-state index is 12.6. The molecule has 2 aromatic carbocycles. The van der Waals surface area contributed by atoms with Crippen LogP contribution >= 0.6 is 0 Å². The lowest BCUT2D eigenvalue weighted by atomic mass is 10.1. The lowest BCUT2D eigenvalue weighted by Crippen LogP contribution is -2.35. The fourth-order valence-electron chi connectivity index (χ4n) is 3.48. The van der Waals surface area contributed by atoms with Gasteiger partial charge in [-0.05, 0) is 43.5 Å². The number of para-hydroxylation sites is 1. The summed E-state index contributed by atoms with van der Waals surface area (Å²) < 4.78 is 0. The van der Waals surface area contributed by atoms with Gasteiger partial charge in [-0.3, -0.25) is 9.59 Å². The highest BCUT2D eigenvalue weighted by molar-refractivity contribution is 6.06. The van der Waals surface area contributed by atoms with E-state index in [1.54, 1.807) is 24.3 Å². The van der Waals surface area contributed by atoms with Crippen LogP contribution in [0.1, 0.15) is 44.4 Å². The minimum Gasteiger partial charge on any atom is -0.382 e. The Labute approximate surface area is 179 Å². The molecule has 0 bridgehead atoms. The summed E-state index contributed by atoms with van der Waals surface area (Å²) in [6, 6.07) is 16.3. The monoisotopic (exact) mass is 407 g/mol. The Morgan fingerprint density at radius 2 is 1.67 bits per heavy atom. The Bertz CT molecular complexity index is 1060. The van der Waals surface area contributed by atoms with E-state index in [2.05, 4.69) is 15.3 Å². The number of aromatic nitrogens is 2. The molecule has 3 N–H and O–H groups in total. The molecule has 2 heterocycles. The van der Waals surface area contributed by atoms with Crippen molar-refractivity contribution in [3.63, 3.8) is 0 Å². The SMILES string of the molecule is Nc1ncc(-c2ccc(C(=O)N3CCCCC3)cc2)nc1C(=O)Nc1ccccc1.[HH].[HH].[HH]. The van der Waals surface area contributed by atoms with Crippen LogP contribution in [0.5, 0.6) is 0 Å². The first kappa shape index (κ1) is 19.6. The number of carbonyl (C=O) groups is 2. The molecule has 0 aliphatic carbocycles. The topological polar surface area (TPSA) is 101 Å². The van der Waals surface area contributed by atoms with Gasteiger partial charge in [-0.2, -0.15) is 0 Å². The zero-order valence-corrected chi connectivity index (χ0v) is 16.5. The molecule has 1 saturated heterocycles. The average Bonchev–Trinajstić information content (AvgIpc) is 2.80. The summed E-state index contributed by atoms with van der Waals surface area (Å²) in [5, 5.41) is 2.77. The van der Waals surface area contributed by atoms with E-state index >= 15 is 0 Å². The molecule has 1 aliphatic rings. The van der Waals surface area contributed by atoms with Crippen molar-refractivity contribution in [2.75, 3.05) is 24.1 Å². The number of nitrogens with zero attached hydrogens (tertiary/aromatic N) is 3. The molecular formula is C23H29N5O2. The van der Waals surface area contributed by atoms with Crippen molar-refractivity contribution >= 4 is 23.3 Å². The van der Waals surface area contributed by atoms with Crippen LogP contribution < -0.4 is 11.1 Å². The van der Waals surface area contributed by atoms with Crippen LogP contribution in [0, 0.1) is 0 Å². The molecule has 1 fully saturated rings. The number of likely N-dealkylation sites (tertiary alicyclic amines) is 1. The first-order chi connectivity index (χ1) is 14.6. The lowest BCUT2D eigenvalue weighted by Gasteiger charge is -2.26. The van der Waals surface area contributed by atoms with E-state index in [-0.39, 0.29) is 21.7 Å². The molecule has 30 heavy (non-hydrogen) atoms. The fourth-order valence-corrected chi connectivity index (χ4v) is 3.48. The van der Waals surface area contributed by atoms with Gasteiger partial charge in [0, 0.05) is 34.2 Å². The predicted molar refractivity (Wildman–Crippen MR) is 122 cm³/mol. The van der Waals surface area contributed by atoms with Crippen LogP contribution in [-0.2, 0) is 0 Å². The Hall–Kier alpha value is -3.74. The van der Waals surface area contributed by atoms with Crippen molar-refractivity contribution in [1.29, 1.82) is 0 Å². The summed E-state index contributed by atoms with van der Waals surface area (Å²) in [7, 11) is 0. The highest BCUT2D eigenvalue weighted by Crippen LogP contribution is 2.21. The van der Waals surface area contributed by atoms with Crippen molar-refractivity contribution in [1.82, 2.24) is 14.9 Å². The second kappa shape index (κ2) is 8.73. The molecule has 0 saturated carbocycles. The summed E-state index contributed by atoms with van der Waals surface area (Å²) in [5.74, 6) is -0.318. The van der Waals surface area contributed by atoms with E-state index in [4.69, 9.17) is 5.73 Å². The number of rotatable bonds is 4. The number of benzene rings is 2. The number of hydrogen-bond donors (Lipinski definition) is 2. The number of anilines is 2. The van der Waals surface area contributed by atoms with Gasteiger partial charge in [0.2, 0.25) is 0 Å². The lowest BCUT2D eigenvalue weighted by molar-refractivity contribution is 0.0724. The third-order valence-corrected chi connectivity index (χ3v) is 5.12. The summed E-state index contributed by atoms with van der Waals surface area (Å²) >= 11 is 0. The van der Waals surface area contributed by atoms with E-state index in [9.17, 15) is 9.59 Å². The second-order valence-electron chi connectivity index (χ2n) is 7.24. The largest absolute Gasteiger partial charge is 0.382 e. The molecule has 3 aromatic rings. The fraction of sp³-hybridized carbons (Fsp3) is 0.217. The van der Waals surface area contributed by atoms with Crippen LogP contribution in [0.15, 0.2) is 60.8 Å². The van der Waals surface area contributed by atoms with Crippen molar-refractivity contribution in [2.45, 2.75) is 19.3 Å². The van der Waals surface area contributed by atoms with Gasteiger partial charge >= 0.3 is 0 Å². The minimum atomic E-state index is -0.426. The van der Waals surface area contributed by atoms with E-state index in [0.29, 0.717) is 16.9 Å². The first-order valence-corrected chi connectivity index (χ1v) is 10.0. The number of amides is 2. The van der Waals surface area contributed by atoms with Crippen LogP contribution in [-0.4, -0.2) is 39.8 Å². The normalized spacial score (nSPS) is 13.7. The number of hydrogen-bond acceptors (Lipinski definition) is 5. The van der Waals surface area contributed by atoms with Gasteiger partial charge in [0.15, 0.2) is 11.5 Å². The Morgan fingerprint density at radius 1 is 0.967 bits per heavy atom. The second-order valence-corrected chi connectivity index (χ2v) is 7.24. The third-order valence-electron chi connectivity index (χ3n) is 5.12. The summed E-state index contributed by atoms with van der Waals surface area (Å²) in [4.78, 5) is 35.7. The van der Waals surface area contributed by atoms with Gasteiger partial charge in [-0.25, -0.2) is 9.97 Å². The summed E-state index contributed by atoms with van der Waals surface area (Å²) in [5.41, 5.74) is 8.51. The molecular weight excluding hydrogens is 378 g/mol. The van der Waals surface area contributed by atoms with Gasteiger partial charge in [0.25, 0.3) is 11.8 Å². The number of carbonyl (C=O) groups excluding carboxylic acids is 2. The molecule has 7 nitrogen and oxygen atoms in total. The van der Waals surface area contributed by atoms with Gasteiger partial charge in [-0.15, -0.1) is 0 Å². The molecule has 1 aromatic heterocycles. The maximum atomic E-state index is 12.6. The quantitative estimate of drug-likeness (QED) is 0.670. The Kier molecular flexibility index (Phi) is 5.70. The highest BCUT2D eigenvalue weighted by atomic mass is 16.2. The van der Waals surface area contributed by atoms with Crippen LogP contribution in [0.2, 0.25) is 0 Å². The molecule has 2 amide bonds. The van der Waals surface area contributed by atoms with Gasteiger partial charge < -0.3 is 16.0 Å². The summed E-state index contributed by atoms with van der Waals surface area (Å²) in [6.07, 6.45) is 4.81. The van der Waals surface area contributed by atoms with Gasteiger partial charge in [0.1, 0.15) is 0 Å².